The van der Waals surface area contributed by atoms with Gasteiger partial charge >= 0.3 is 6.03 Å². The molecule has 3 amide bonds. The van der Waals surface area contributed by atoms with E-state index in [4.69, 9.17) is 9.47 Å². The predicted molar refractivity (Wildman–Crippen MR) is 108 cm³/mol. The lowest BCUT2D eigenvalue weighted by Crippen LogP contribution is -2.39. The molecular formula is C21H25N3O4. The number of rotatable bonds is 5. The second kappa shape index (κ2) is 8.21. The molecule has 0 radical (unpaired) electrons. The van der Waals surface area contributed by atoms with E-state index in [-0.39, 0.29) is 24.4 Å². The summed E-state index contributed by atoms with van der Waals surface area (Å²) in [5.41, 5.74) is 3.69. The van der Waals surface area contributed by atoms with Crippen LogP contribution in [-0.4, -0.2) is 38.7 Å². The van der Waals surface area contributed by atoms with Gasteiger partial charge in [0.25, 0.3) is 0 Å². The molecule has 2 aromatic carbocycles. The highest BCUT2D eigenvalue weighted by molar-refractivity contribution is 5.98. The Labute approximate surface area is 164 Å². The first-order valence-corrected chi connectivity index (χ1v) is 9.08. The monoisotopic (exact) mass is 383 g/mol. The SMILES string of the molecule is COc1ccc(NC(=O)N[C@@H]2CC(=O)N(c3ccc(C)c(C)c3)C2)c(OC)c1. The highest BCUT2D eigenvalue weighted by Gasteiger charge is 2.31. The Kier molecular flexibility index (Phi) is 5.73. The smallest absolute Gasteiger partial charge is 0.319 e. The molecule has 28 heavy (non-hydrogen) atoms. The van der Waals surface area contributed by atoms with E-state index in [1.54, 1.807) is 30.2 Å². The first kappa shape index (κ1) is 19.5. The van der Waals surface area contributed by atoms with Crippen LogP contribution in [0, 0.1) is 13.8 Å². The fourth-order valence-corrected chi connectivity index (χ4v) is 3.19. The maximum atomic E-state index is 12.4. The zero-order valence-electron chi connectivity index (χ0n) is 16.5. The van der Waals surface area contributed by atoms with Crippen LogP contribution in [0.3, 0.4) is 0 Å². The zero-order valence-corrected chi connectivity index (χ0v) is 16.5. The second-order valence-electron chi connectivity index (χ2n) is 6.84. The summed E-state index contributed by atoms with van der Waals surface area (Å²) >= 11 is 0. The van der Waals surface area contributed by atoms with Gasteiger partial charge in [0, 0.05) is 24.7 Å². The van der Waals surface area contributed by atoms with Crippen LogP contribution in [0.4, 0.5) is 16.2 Å². The fraction of sp³-hybridized carbons (Fsp3) is 0.333. The summed E-state index contributed by atoms with van der Waals surface area (Å²) in [6.45, 7) is 4.49. The quantitative estimate of drug-likeness (QED) is 0.831. The van der Waals surface area contributed by atoms with Crippen molar-refractivity contribution in [1.82, 2.24) is 5.32 Å². The molecule has 7 heteroatoms. The molecule has 0 unspecified atom stereocenters. The Balaban J connectivity index is 1.64. The number of hydrogen-bond acceptors (Lipinski definition) is 4. The van der Waals surface area contributed by atoms with Gasteiger partial charge in [0.1, 0.15) is 11.5 Å². The molecule has 1 heterocycles. The number of hydrogen-bond donors (Lipinski definition) is 2. The van der Waals surface area contributed by atoms with Gasteiger partial charge < -0.3 is 25.0 Å². The average Bonchev–Trinajstić information content (AvgIpc) is 3.04. The third-order valence-electron chi connectivity index (χ3n) is 4.92. The fourth-order valence-electron chi connectivity index (χ4n) is 3.19. The van der Waals surface area contributed by atoms with Crippen LogP contribution in [0.5, 0.6) is 11.5 Å². The Morgan fingerprint density at radius 1 is 1.07 bits per heavy atom. The van der Waals surface area contributed by atoms with Crippen LogP contribution in [0.15, 0.2) is 36.4 Å². The number of anilines is 2. The highest BCUT2D eigenvalue weighted by atomic mass is 16.5. The van der Waals surface area contributed by atoms with E-state index >= 15 is 0 Å². The second-order valence-corrected chi connectivity index (χ2v) is 6.84. The number of amides is 3. The number of nitrogens with zero attached hydrogens (tertiary/aromatic N) is 1. The first-order chi connectivity index (χ1) is 13.4. The van der Waals surface area contributed by atoms with E-state index in [1.807, 2.05) is 32.0 Å². The summed E-state index contributed by atoms with van der Waals surface area (Å²) in [6.07, 6.45) is 0.264. The molecule has 0 saturated carbocycles. The summed E-state index contributed by atoms with van der Waals surface area (Å²) < 4.78 is 10.4. The molecule has 0 aromatic heterocycles. The van der Waals surface area contributed by atoms with Crippen LogP contribution < -0.4 is 25.0 Å². The summed E-state index contributed by atoms with van der Waals surface area (Å²) in [7, 11) is 3.09. The van der Waals surface area contributed by atoms with Gasteiger partial charge in [-0.3, -0.25) is 4.79 Å². The van der Waals surface area contributed by atoms with Crippen LogP contribution in [0.25, 0.3) is 0 Å². The van der Waals surface area contributed by atoms with Crippen LogP contribution >= 0.6 is 0 Å². The average molecular weight is 383 g/mol. The number of carbonyl (C=O) groups is 2. The molecular weight excluding hydrogens is 358 g/mol. The van der Waals surface area contributed by atoms with E-state index in [1.165, 1.54) is 12.7 Å². The van der Waals surface area contributed by atoms with Gasteiger partial charge in [0.2, 0.25) is 5.91 Å². The summed E-state index contributed by atoms with van der Waals surface area (Å²) in [4.78, 5) is 26.5. The molecule has 1 atom stereocenters. The Morgan fingerprint density at radius 3 is 2.54 bits per heavy atom. The van der Waals surface area contributed by atoms with E-state index in [9.17, 15) is 9.59 Å². The van der Waals surface area contributed by atoms with Crippen molar-refractivity contribution in [3.05, 3.63) is 47.5 Å². The number of benzene rings is 2. The lowest BCUT2D eigenvalue weighted by molar-refractivity contribution is -0.117. The molecule has 1 saturated heterocycles. The largest absolute Gasteiger partial charge is 0.497 e. The third kappa shape index (κ3) is 4.19. The molecule has 1 fully saturated rings. The number of ether oxygens (including phenoxy) is 2. The molecule has 2 N–H and O–H groups in total. The third-order valence-corrected chi connectivity index (χ3v) is 4.92. The van der Waals surface area contributed by atoms with E-state index in [0.29, 0.717) is 23.7 Å². The first-order valence-electron chi connectivity index (χ1n) is 9.08. The van der Waals surface area contributed by atoms with Crippen LogP contribution in [-0.2, 0) is 4.79 Å². The maximum absolute atomic E-state index is 12.4. The number of aryl methyl sites for hydroxylation is 2. The van der Waals surface area contributed by atoms with Crippen molar-refractivity contribution < 1.29 is 19.1 Å². The normalized spacial score (nSPS) is 16.1. The number of carbonyl (C=O) groups excluding carboxylic acids is 2. The van der Waals surface area contributed by atoms with Crippen molar-refractivity contribution in [3.63, 3.8) is 0 Å². The topological polar surface area (TPSA) is 79.9 Å². The van der Waals surface area contributed by atoms with Crippen molar-refractivity contribution >= 4 is 23.3 Å². The molecule has 2 aromatic rings. The van der Waals surface area contributed by atoms with E-state index in [0.717, 1.165) is 11.3 Å². The molecule has 1 aliphatic rings. The van der Waals surface area contributed by atoms with Gasteiger partial charge in [-0.25, -0.2) is 4.79 Å². The van der Waals surface area contributed by atoms with Gasteiger partial charge in [0.15, 0.2) is 0 Å². The van der Waals surface area contributed by atoms with Crippen LogP contribution in [0.2, 0.25) is 0 Å². The minimum Gasteiger partial charge on any atom is -0.497 e. The molecule has 0 spiro atoms. The Hall–Kier alpha value is -3.22. The number of urea groups is 1. The van der Waals surface area contributed by atoms with Crippen molar-refractivity contribution in [2.75, 3.05) is 31.0 Å². The molecule has 148 valence electrons. The van der Waals surface area contributed by atoms with Gasteiger partial charge in [-0.1, -0.05) is 6.07 Å². The van der Waals surface area contributed by atoms with Gasteiger partial charge in [-0.15, -0.1) is 0 Å². The van der Waals surface area contributed by atoms with Gasteiger partial charge in [-0.05, 0) is 49.2 Å². The van der Waals surface area contributed by atoms with Crippen molar-refractivity contribution in [1.29, 1.82) is 0 Å². The maximum Gasteiger partial charge on any atom is 0.319 e. The molecule has 7 nitrogen and oxygen atoms in total. The van der Waals surface area contributed by atoms with E-state index < -0.39 is 0 Å². The molecule has 0 aliphatic carbocycles. The van der Waals surface area contributed by atoms with Crippen molar-refractivity contribution in [2.45, 2.75) is 26.3 Å². The minimum absolute atomic E-state index is 0.00409. The predicted octanol–water partition coefficient (Wildman–Crippen LogP) is 3.25. The van der Waals surface area contributed by atoms with Crippen LogP contribution in [0.1, 0.15) is 17.5 Å². The standard InChI is InChI=1S/C21H25N3O4/c1-13-5-6-16(9-14(13)2)24-12-15(10-20(24)25)22-21(26)23-18-8-7-17(27-3)11-19(18)28-4/h5-9,11,15H,10,12H2,1-4H3,(H2,22,23,26)/t15-/m1/s1. The minimum atomic E-state index is -0.386. The van der Waals surface area contributed by atoms with Crippen molar-refractivity contribution in [3.8, 4) is 11.5 Å². The number of nitrogens with one attached hydrogen (secondary N) is 2. The number of methoxy groups -OCH3 is 2. The zero-order chi connectivity index (χ0) is 20.3. The lowest BCUT2D eigenvalue weighted by atomic mass is 10.1. The lowest BCUT2D eigenvalue weighted by Gasteiger charge is -2.19. The molecule has 3 rings (SSSR count). The molecule has 0 bridgehead atoms. The summed E-state index contributed by atoms with van der Waals surface area (Å²) in [5, 5.41) is 5.63. The Bertz CT molecular complexity index is 897. The summed E-state index contributed by atoms with van der Waals surface area (Å²) in [6, 6.07) is 10.4. The van der Waals surface area contributed by atoms with Crippen molar-refractivity contribution in [2.24, 2.45) is 0 Å². The van der Waals surface area contributed by atoms with Gasteiger partial charge in [0.05, 0.1) is 25.9 Å². The molecule has 1 aliphatic heterocycles. The van der Waals surface area contributed by atoms with Gasteiger partial charge in [-0.2, -0.15) is 0 Å². The summed E-state index contributed by atoms with van der Waals surface area (Å²) in [5.74, 6) is 1.12. The Morgan fingerprint density at radius 2 is 1.86 bits per heavy atom. The van der Waals surface area contributed by atoms with E-state index in [2.05, 4.69) is 10.6 Å². The highest BCUT2D eigenvalue weighted by Crippen LogP contribution is 2.29.